The first-order valence-corrected chi connectivity index (χ1v) is 19.7. The van der Waals surface area contributed by atoms with E-state index in [-0.39, 0.29) is 17.8 Å². The number of anilines is 4. The summed E-state index contributed by atoms with van der Waals surface area (Å²) in [5, 5.41) is 6.37. The van der Waals surface area contributed by atoms with Crippen LogP contribution in [0, 0.1) is 0 Å². The summed E-state index contributed by atoms with van der Waals surface area (Å²) in [5.74, 6) is 0.381. The van der Waals surface area contributed by atoms with Gasteiger partial charge in [0.2, 0.25) is 5.95 Å². The third-order valence-electron chi connectivity index (χ3n) is 9.64. The first-order valence-electron chi connectivity index (χ1n) is 16.0. The number of nitrogens with one attached hydrogen (secondary N) is 3. The Morgan fingerprint density at radius 2 is 1.69 bits per heavy atom. The molecule has 1 atom stereocenters. The minimum absolute atomic E-state index is 0.151. The van der Waals surface area contributed by atoms with Crippen LogP contribution in [0.5, 0.6) is 0 Å². The van der Waals surface area contributed by atoms with Crippen LogP contribution in [0.3, 0.4) is 0 Å². The molecule has 3 aliphatic heterocycles. The predicted octanol–water partition coefficient (Wildman–Crippen LogP) is 5.75. The van der Waals surface area contributed by atoms with Gasteiger partial charge in [-0.05, 0) is 104 Å². The van der Waals surface area contributed by atoms with E-state index in [0.29, 0.717) is 18.5 Å². The number of alkyl halides is 3. The molecule has 250 valence electrons. The summed E-state index contributed by atoms with van der Waals surface area (Å²) in [6.45, 7) is 7.76. The van der Waals surface area contributed by atoms with Crippen molar-refractivity contribution in [3.63, 3.8) is 0 Å². The number of thiol groups is 2. The normalized spacial score (nSPS) is 23.7. The molecule has 1 aliphatic carbocycles. The van der Waals surface area contributed by atoms with Crippen LogP contribution in [-0.2, 0) is 6.18 Å². The van der Waals surface area contributed by atoms with E-state index >= 15 is 0 Å². The quantitative estimate of drug-likeness (QED) is 0.168. The highest BCUT2D eigenvalue weighted by molar-refractivity contribution is 9.16. The van der Waals surface area contributed by atoms with Gasteiger partial charge in [-0.3, -0.25) is 9.62 Å². The van der Waals surface area contributed by atoms with Crippen molar-refractivity contribution in [1.82, 2.24) is 28.8 Å². The molecule has 1 aromatic carbocycles. The van der Waals surface area contributed by atoms with Crippen molar-refractivity contribution in [1.29, 1.82) is 0 Å². The lowest BCUT2D eigenvalue weighted by Gasteiger charge is -2.44. The number of aromatic nitrogens is 2. The predicted molar refractivity (Wildman–Crippen MR) is 186 cm³/mol. The van der Waals surface area contributed by atoms with Crippen molar-refractivity contribution in [3.05, 3.63) is 35.5 Å². The van der Waals surface area contributed by atoms with Gasteiger partial charge in [-0.1, -0.05) is 23.3 Å². The highest BCUT2D eigenvalue weighted by atomic mass is 33.5. The Hall–Kier alpha value is -1.62. The van der Waals surface area contributed by atoms with Gasteiger partial charge in [0.25, 0.3) is 0 Å². The maximum absolute atomic E-state index is 14.0. The topological polar surface area (TPSA) is 74.8 Å². The molecule has 3 saturated heterocycles. The number of piperazine rings is 1. The van der Waals surface area contributed by atoms with Crippen molar-refractivity contribution in [2.24, 2.45) is 0 Å². The molecule has 4 aliphatic rings. The van der Waals surface area contributed by atoms with Crippen molar-refractivity contribution in [2.45, 2.75) is 62.7 Å². The second kappa shape index (κ2) is 13.9. The molecule has 0 amide bonds. The summed E-state index contributed by atoms with van der Waals surface area (Å²) in [4.78, 5) is 16.0. The Balaban J connectivity index is 1.16. The van der Waals surface area contributed by atoms with Gasteiger partial charge < -0.3 is 20.4 Å². The van der Waals surface area contributed by atoms with E-state index in [1.807, 2.05) is 6.07 Å². The van der Waals surface area contributed by atoms with Gasteiger partial charge in [0.1, 0.15) is 11.4 Å². The largest absolute Gasteiger partial charge is 0.421 e. The van der Waals surface area contributed by atoms with Crippen molar-refractivity contribution in [2.75, 3.05) is 82.0 Å². The van der Waals surface area contributed by atoms with Gasteiger partial charge in [-0.2, -0.15) is 18.2 Å². The molecule has 0 radical (unpaired) electrons. The third-order valence-corrected chi connectivity index (χ3v) is 13.7. The maximum atomic E-state index is 14.0. The summed E-state index contributed by atoms with van der Waals surface area (Å²) >= 11 is 9.29. The van der Waals surface area contributed by atoms with Crippen LogP contribution < -0.4 is 20.3 Å². The lowest BCUT2D eigenvalue weighted by Crippen LogP contribution is -2.53. The Kier molecular flexibility index (Phi) is 10.2. The lowest BCUT2D eigenvalue weighted by molar-refractivity contribution is -0.137. The third kappa shape index (κ3) is 8.10. The number of nitrogens with zero attached hydrogens (tertiary/aromatic N) is 6. The fraction of sp³-hybridized carbons (Fsp3) is 0.667. The molecular formula is C30H46F3N9S3. The molecule has 2 aromatic rings. The minimum atomic E-state index is -4.58. The first-order chi connectivity index (χ1) is 21.5. The molecule has 4 heterocycles. The Bertz CT molecular complexity index is 1310. The fourth-order valence-electron chi connectivity index (χ4n) is 6.79. The van der Waals surface area contributed by atoms with E-state index in [1.165, 1.54) is 37.2 Å². The van der Waals surface area contributed by atoms with E-state index in [2.05, 4.69) is 86.8 Å². The maximum Gasteiger partial charge on any atom is 0.421 e. The number of benzene rings is 1. The van der Waals surface area contributed by atoms with Gasteiger partial charge in [0.15, 0.2) is 0 Å². The number of likely N-dealkylation sites (tertiary alicyclic amines) is 1. The van der Waals surface area contributed by atoms with Crippen molar-refractivity contribution < 1.29 is 13.2 Å². The Labute approximate surface area is 276 Å². The van der Waals surface area contributed by atoms with Crippen LogP contribution in [0.4, 0.5) is 36.3 Å². The van der Waals surface area contributed by atoms with E-state index < -0.39 is 20.2 Å². The molecule has 1 unspecified atom stereocenters. The molecule has 6 rings (SSSR count). The van der Waals surface area contributed by atoms with Crippen LogP contribution in [0.1, 0.15) is 55.6 Å². The standard InChI is InChI=1S/C30H46F3N9S3/c1-34-45(43,44)42-11-3-4-22(20-42)36-28-26(30(31,32)33)19-35-29(38-28)37-27-8-7-24(18-25(27)21-5-6-21)41-16-14-40(15-17-41)23-9-12-39(2)13-10-23/h7-8,18-19,21-23,34,43-44H,3-6,9-17,20H2,1-2H3,(H2,35,36,37,38). The van der Waals surface area contributed by atoms with E-state index in [9.17, 15) is 13.2 Å². The molecule has 1 aromatic heterocycles. The highest BCUT2D eigenvalue weighted by Gasteiger charge is 2.37. The van der Waals surface area contributed by atoms with Gasteiger partial charge in [-0.15, -0.1) is 0 Å². The molecule has 1 saturated carbocycles. The average molecular weight is 686 g/mol. The molecular weight excluding hydrogens is 640 g/mol. The molecule has 0 spiro atoms. The van der Waals surface area contributed by atoms with Gasteiger partial charge >= 0.3 is 6.18 Å². The van der Waals surface area contributed by atoms with Gasteiger partial charge in [0.05, 0.1) is 0 Å². The number of piperidine rings is 2. The summed E-state index contributed by atoms with van der Waals surface area (Å²) in [5.41, 5.74) is 2.37. The smallest absolute Gasteiger partial charge is 0.369 e. The van der Waals surface area contributed by atoms with Crippen LogP contribution in [0.25, 0.3) is 0 Å². The number of hydrogen-bond donors (Lipinski definition) is 5. The molecule has 3 N–H and O–H groups in total. The van der Waals surface area contributed by atoms with Crippen molar-refractivity contribution in [3.8, 4) is 0 Å². The summed E-state index contributed by atoms with van der Waals surface area (Å²) in [7, 11) is 2.19. The molecule has 15 heteroatoms. The van der Waals surface area contributed by atoms with E-state index in [1.54, 1.807) is 7.05 Å². The second-order valence-electron chi connectivity index (χ2n) is 12.8. The summed E-state index contributed by atoms with van der Waals surface area (Å²) in [6.07, 6.45) is 2.54. The molecule has 0 bridgehead atoms. The molecule has 4 fully saturated rings. The van der Waals surface area contributed by atoms with Crippen LogP contribution in [0.2, 0.25) is 0 Å². The van der Waals surface area contributed by atoms with Crippen LogP contribution in [-0.4, -0.2) is 103 Å². The first kappa shape index (κ1) is 33.3. The van der Waals surface area contributed by atoms with Crippen molar-refractivity contribution >= 4 is 54.9 Å². The van der Waals surface area contributed by atoms with Crippen LogP contribution in [0.15, 0.2) is 24.4 Å². The van der Waals surface area contributed by atoms with Crippen LogP contribution >= 0.6 is 31.8 Å². The average Bonchev–Trinajstić information content (AvgIpc) is 3.87. The summed E-state index contributed by atoms with van der Waals surface area (Å²) in [6, 6.07) is 6.87. The Morgan fingerprint density at radius 3 is 2.36 bits per heavy atom. The number of halogens is 3. The molecule has 45 heavy (non-hydrogen) atoms. The zero-order valence-corrected chi connectivity index (χ0v) is 28.7. The monoisotopic (exact) mass is 685 g/mol. The fourth-order valence-corrected chi connectivity index (χ4v) is 8.71. The van der Waals surface area contributed by atoms with Gasteiger partial charge in [-0.25, -0.2) is 9.29 Å². The highest BCUT2D eigenvalue weighted by Crippen LogP contribution is 2.56. The Morgan fingerprint density at radius 1 is 0.956 bits per heavy atom. The van der Waals surface area contributed by atoms with E-state index in [4.69, 9.17) is 0 Å². The SMILES string of the molecule is CNS(S)(S)N1CCCC(Nc2nc(Nc3ccc(N4CCN(C5CCN(C)CC5)CC4)cc3C3CC3)ncc2C(F)(F)F)C1. The molecule has 9 nitrogen and oxygen atoms in total. The zero-order chi connectivity index (χ0) is 31.8. The van der Waals surface area contributed by atoms with E-state index in [0.717, 1.165) is 70.3 Å². The minimum Gasteiger partial charge on any atom is -0.369 e. The van der Waals surface area contributed by atoms with Gasteiger partial charge in [0, 0.05) is 68.9 Å². The summed E-state index contributed by atoms with van der Waals surface area (Å²) < 4.78 is 47.3. The zero-order valence-electron chi connectivity index (χ0n) is 26.1. The second-order valence-corrected chi connectivity index (χ2v) is 18.8. The lowest BCUT2D eigenvalue weighted by atomic mass is 10.0. The number of hydrogen-bond acceptors (Lipinski definition) is 11. The number of rotatable bonds is 9.